The predicted octanol–water partition coefficient (Wildman–Crippen LogP) is 1.81. The molecule has 3 atom stereocenters. The maximum Gasteiger partial charge on any atom is 0.283 e. The van der Waals surface area contributed by atoms with Gasteiger partial charge < -0.3 is 15.2 Å². The summed E-state index contributed by atoms with van der Waals surface area (Å²) in [6.45, 7) is 0.332. The van der Waals surface area contributed by atoms with E-state index in [9.17, 15) is 4.79 Å². The van der Waals surface area contributed by atoms with Gasteiger partial charge in [-0.05, 0) is 24.1 Å². The number of hydrogen-bond acceptors (Lipinski definition) is 7. The lowest BCUT2D eigenvalue weighted by Gasteiger charge is -2.45. The minimum Gasteiger partial charge on any atom is -0.490 e. The van der Waals surface area contributed by atoms with Crippen LogP contribution in [0.1, 0.15) is 24.8 Å². The van der Waals surface area contributed by atoms with Crippen molar-refractivity contribution in [3.8, 4) is 16.9 Å². The summed E-state index contributed by atoms with van der Waals surface area (Å²) in [5.41, 5.74) is 7.99. The van der Waals surface area contributed by atoms with Crippen LogP contribution in [0.2, 0.25) is 0 Å². The summed E-state index contributed by atoms with van der Waals surface area (Å²) in [6.07, 6.45) is 6.66. The first kappa shape index (κ1) is 15.3. The van der Waals surface area contributed by atoms with Gasteiger partial charge in [-0.15, -0.1) is 0 Å². The number of amidine groups is 1. The molecule has 1 saturated carbocycles. The normalized spacial score (nSPS) is 29.4. The number of Topliss-reactive ketones (excluding diaryl/α,β-unsaturated/α-hetero) is 1. The standard InChI is InChI=1S/C19H18N4O3/c20-18-23-19(9-25-18)14-5-11(12-7-21-10-22-8-12)1-3-16(14)26-17-4-2-13(24)6-15(17)19/h1,3,5,7-8,10,15,17H,2,4,6,9H2,(H2,20,23)/t15?,17-,19-/m0/s1. The number of aromatic nitrogens is 2. The number of ether oxygens (including phenoxy) is 2. The van der Waals surface area contributed by atoms with Crippen molar-refractivity contribution < 1.29 is 14.3 Å². The van der Waals surface area contributed by atoms with Gasteiger partial charge in [0.1, 0.15) is 36.1 Å². The number of aliphatic imine (C=N–C) groups is 1. The van der Waals surface area contributed by atoms with Crippen LogP contribution in [-0.4, -0.2) is 34.5 Å². The Bertz CT molecular complexity index is 914. The van der Waals surface area contributed by atoms with Gasteiger partial charge in [-0.2, -0.15) is 0 Å². The second kappa shape index (κ2) is 5.52. The fourth-order valence-electron chi connectivity index (χ4n) is 4.34. The van der Waals surface area contributed by atoms with Crippen LogP contribution < -0.4 is 10.5 Å². The molecule has 7 nitrogen and oxygen atoms in total. The van der Waals surface area contributed by atoms with Gasteiger partial charge in [0, 0.05) is 42.3 Å². The lowest BCUT2D eigenvalue weighted by molar-refractivity contribution is -0.126. The molecule has 1 unspecified atom stereocenters. The molecule has 5 rings (SSSR count). The van der Waals surface area contributed by atoms with Crippen molar-refractivity contribution in [1.29, 1.82) is 0 Å². The van der Waals surface area contributed by atoms with E-state index in [1.165, 1.54) is 6.33 Å². The highest BCUT2D eigenvalue weighted by atomic mass is 16.5. The molecule has 1 aromatic carbocycles. The molecule has 2 aliphatic heterocycles. The zero-order chi connectivity index (χ0) is 17.7. The summed E-state index contributed by atoms with van der Waals surface area (Å²) in [5.74, 6) is 0.953. The molecule has 1 fully saturated rings. The molecular weight excluding hydrogens is 332 g/mol. The summed E-state index contributed by atoms with van der Waals surface area (Å²) >= 11 is 0. The van der Waals surface area contributed by atoms with Crippen LogP contribution in [0.4, 0.5) is 0 Å². The lowest BCUT2D eigenvalue weighted by atomic mass is 9.68. The molecule has 132 valence electrons. The van der Waals surface area contributed by atoms with Gasteiger partial charge in [0.15, 0.2) is 0 Å². The number of nitrogens with zero attached hydrogens (tertiary/aromatic N) is 3. The largest absolute Gasteiger partial charge is 0.490 e. The van der Waals surface area contributed by atoms with Crippen molar-refractivity contribution in [2.45, 2.75) is 30.9 Å². The highest BCUT2D eigenvalue weighted by Crippen LogP contribution is 2.52. The van der Waals surface area contributed by atoms with E-state index >= 15 is 0 Å². The Morgan fingerprint density at radius 1 is 1.19 bits per heavy atom. The van der Waals surface area contributed by atoms with Crippen molar-refractivity contribution in [1.82, 2.24) is 9.97 Å². The average Bonchev–Trinajstić information content (AvgIpc) is 3.06. The first-order valence-corrected chi connectivity index (χ1v) is 8.72. The number of carbonyl (C=O) groups excluding carboxylic acids is 1. The molecule has 0 amide bonds. The van der Waals surface area contributed by atoms with Crippen LogP contribution in [-0.2, 0) is 15.1 Å². The van der Waals surface area contributed by atoms with Crippen LogP contribution in [0.3, 0.4) is 0 Å². The summed E-state index contributed by atoms with van der Waals surface area (Å²) < 4.78 is 11.8. The number of carbonyl (C=O) groups is 1. The second-order valence-corrected chi connectivity index (χ2v) is 7.05. The number of rotatable bonds is 1. The summed E-state index contributed by atoms with van der Waals surface area (Å²) in [6, 6.07) is 6.15. The molecule has 2 N–H and O–H groups in total. The molecule has 3 heterocycles. The van der Waals surface area contributed by atoms with Crippen molar-refractivity contribution in [3.05, 3.63) is 42.5 Å². The third-order valence-electron chi connectivity index (χ3n) is 5.59. The molecular formula is C19H18N4O3. The predicted molar refractivity (Wildman–Crippen MR) is 93.5 cm³/mol. The van der Waals surface area contributed by atoms with Crippen LogP contribution in [0.5, 0.6) is 5.75 Å². The van der Waals surface area contributed by atoms with Gasteiger partial charge in [-0.3, -0.25) is 4.79 Å². The minimum atomic E-state index is -0.677. The topological polar surface area (TPSA) is 99.7 Å². The average molecular weight is 350 g/mol. The molecule has 0 bridgehead atoms. The first-order valence-electron chi connectivity index (χ1n) is 8.72. The van der Waals surface area contributed by atoms with Crippen molar-refractivity contribution in [2.24, 2.45) is 16.6 Å². The maximum atomic E-state index is 12.1. The van der Waals surface area contributed by atoms with E-state index in [0.717, 1.165) is 22.4 Å². The summed E-state index contributed by atoms with van der Waals surface area (Å²) in [5, 5.41) is 0. The van der Waals surface area contributed by atoms with Gasteiger partial charge in [0.25, 0.3) is 6.02 Å². The third-order valence-corrected chi connectivity index (χ3v) is 5.59. The Morgan fingerprint density at radius 3 is 2.81 bits per heavy atom. The van der Waals surface area contributed by atoms with E-state index in [-0.39, 0.29) is 23.8 Å². The minimum absolute atomic E-state index is 0.0515. The van der Waals surface area contributed by atoms with E-state index in [0.29, 0.717) is 25.9 Å². The quantitative estimate of drug-likeness (QED) is 0.842. The van der Waals surface area contributed by atoms with E-state index in [2.05, 4.69) is 15.0 Å². The molecule has 1 aromatic heterocycles. The number of fused-ring (bicyclic) bond motifs is 4. The zero-order valence-electron chi connectivity index (χ0n) is 14.1. The Morgan fingerprint density at radius 2 is 2.04 bits per heavy atom. The number of nitrogens with two attached hydrogens (primary N) is 1. The molecule has 2 aromatic rings. The molecule has 0 saturated heterocycles. The highest BCUT2D eigenvalue weighted by molar-refractivity contribution is 5.81. The summed E-state index contributed by atoms with van der Waals surface area (Å²) in [7, 11) is 0. The molecule has 3 aliphatic rings. The van der Waals surface area contributed by atoms with Crippen molar-refractivity contribution in [2.75, 3.05) is 6.61 Å². The lowest BCUT2D eigenvalue weighted by Crippen LogP contribution is -2.51. The van der Waals surface area contributed by atoms with Crippen molar-refractivity contribution in [3.63, 3.8) is 0 Å². The van der Waals surface area contributed by atoms with Crippen LogP contribution in [0.15, 0.2) is 41.9 Å². The number of hydrogen-bond donors (Lipinski definition) is 1. The van der Waals surface area contributed by atoms with Gasteiger partial charge in [0.05, 0.1) is 0 Å². The van der Waals surface area contributed by atoms with Crippen LogP contribution in [0, 0.1) is 5.92 Å². The summed E-state index contributed by atoms with van der Waals surface area (Å²) in [4.78, 5) is 25.0. The van der Waals surface area contributed by atoms with E-state index in [1.54, 1.807) is 12.4 Å². The number of benzene rings is 1. The Labute approximate surface area is 150 Å². The monoisotopic (exact) mass is 350 g/mol. The Balaban J connectivity index is 1.68. The van der Waals surface area contributed by atoms with Gasteiger partial charge in [-0.25, -0.2) is 15.0 Å². The fourth-order valence-corrected chi connectivity index (χ4v) is 4.34. The number of ketones is 1. The third kappa shape index (κ3) is 2.20. The maximum absolute atomic E-state index is 12.1. The van der Waals surface area contributed by atoms with Crippen LogP contribution in [0.25, 0.3) is 11.1 Å². The first-order chi connectivity index (χ1) is 12.7. The Kier molecular flexibility index (Phi) is 3.25. The molecule has 7 heteroatoms. The smallest absolute Gasteiger partial charge is 0.283 e. The highest BCUT2D eigenvalue weighted by Gasteiger charge is 2.55. The van der Waals surface area contributed by atoms with E-state index < -0.39 is 5.54 Å². The van der Waals surface area contributed by atoms with E-state index in [1.807, 2.05) is 18.2 Å². The SMILES string of the molecule is NC1=N[C@@]2(CO1)c1cc(-c3cncnc3)ccc1O[C@H]1CCC(=O)CC12. The molecule has 26 heavy (non-hydrogen) atoms. The second-order valence-electron chi connectivity index (χ2n) is 7.05. The van der Waals surface area contributed by atoms with Crippen molar-refractivity contribution >= 4 is 11.8 Å². The van der Waals surface area contributed by atoms with Gasteiger partial charge in [-0.1, -0.05) is 6.07 Å². The van der Waals surface area contributed by atoms with Gasteiger partial charge in [0.2, 0.25) is 0 Å². The van der Waals surface area contributed by atoms with Gasteiger partial charge >= 0.3 is 0 Å². The Hall–Kier alpha value is -2.96. The molecule has 0 radical (unpaired) electrons. The molecule has 1 aliphatic carbocycles. The van der Waals surface area contributed by atoms with E-state index in [4.69, 9.17) is 15.2 Å². The fraction of sp³-hybridized carbons (Fsp3) is 0.368. The van der Waals surface area contributed by atoms with Crippen LogP contribution >= 0.6 is 0 Å². The zero-order valence-corrected chi connectivity index (χ0v) is 14.1. The molecule has 1 spiro atoms.